The van der Waals surface area contributed by atoms with Crippen LogP contribution < -0.4 is 4.90 Å². The van der Waals surface area contributed by atoms with Crippen LogP contribution in [-0.2, 0) is 0 Å². The Morgan fingerprint density at radius 1 is 1.36 bits per heavy atom. The lowest BCUT2D eigenvalue weighted by molar-refractivity contribution is 0.0697. The number of aromatic carboxylic acids is 1. The molecule has 1 aromatic rings. The Morgan fingerprint density at radius 2 is 1.86 bits per heavy atom. The first kappa shape index (κ1) is 12.8. The Labute approximate surface area is 89.8 Å². The molecule has 0 fully saturated rings. The van der Waals surface area contributed by atoms with Gasteiger partial charge in [-0.2, -0.15) is 0 Å². The first-order chi connectivity index (χ1) is 6.15. The molecule has 0 saturated carbocycles. The molecule has 78 valence electrons. The SMILES string of the molecule is CCN(C)c1ccc(C(=O)O)cc1.Cl. The topological polar surface area (TPSA) is 40.5 Å². The molecule has 4 heteroatoms. The highest BCUT2D eigenvalue weighted by molar-refractivity contribution is 5.88. The molecule has 0 atom stereocenters. The zero-order valence-electron chi connectivity index (χ0n) is 8.23. The van der Waals surface area contributed by atoms with E-state index in [1.165, 1.54) is 0 Å². The minimum atomic E-state index is -0.884. The van der Waals surface area contributed by atoms with Gasteiger partial charge in [-0.25, -0.2) is 4.79 Å². The van der Waals surface area contributed by atoms with E-state index in [1.807, 2.05) is 31.0 Å². The third-order valence-electron chi connectivity index (χ3n) is 2.03. The maximum Gasteiger partial charge on any atom is 0.335 e. The second-order valence-electron chi connectivity index (χ2n) is 2.87. The zero-order chi connectivity index (χ0) is 9.84. The van der Waals surface area contributed by atoms with E-state index in [2.05, 4.69) is 0 Å². The summed E-state index contributed by atoms with van der Waals surface area (Å²) in [5, 5.41) is 8.66. The van der Waals surface area contributed by atoms with Crippen LogP contribution in [-0.4, -0.2) is 24.7 Å². The van der Waals surface area contributed by atoms with Crippen LogP contribution in [0.25, 0.3) is 0 Å². The van der Waals surface area contributed by atoms with Gasteiger partial charge < -0.3 is 10.0 Å². The summed E-state index contributed by atoms with van der Waals surface area (Å²) >= 11 is 0. The van der Waals surface area contributed by atoms with Crippen molar-refractivity contribution in [2.45, 2.75) is 6.92 Å². The molecule has 0 saturated heterocycles. The summed E-state index contributed by atoms with van der Waals surface area (Å²) in [7, 11) is 1.97. The molecule has 0 radical (unpaired) electrons. The second kappa shape index (κ2) is 5.50. The molecule has 0 aliphatic carbocycles. The molecule has 1 N–H and O–H groups in total. The number of carboxylic acids is 1. The van der Waals surface area contributed by atoms with E-state index in [0.717, 1.165) is 12.2 Å². The van der Waals surface area contributed by atoms with Gasteiger partial charge in [0.05, 0.1) is 5.56 Å². The number of rotatable bonds is 3. The average molecular weight is 216 g/mol. The number of carboxylic acid groups (broad SMARTS) is 1. The second-order valence-corrected chi connectivity index (χ2v) is 2.87. The first-order valence-electron chi connectivity index (χ1n) is 4.19. The van der Waals surface area contributed by atoms with Gasteiger partial charge in [0.15, 0.2) is 0 Å². The average Bonchev–Trinajstić information content (AvgIpc) is 2.17. The highest BCUT2D eigenvalue weighted by Crippen LogP contribution is 2.13. The Balaban J connectivity index is 0.00000169. The van der Waals surface area contributed by atoms with E-state index < -0.39 is 5.97 Å². The van der Waals surface area contributed by atoms with Gasteiger partial charge in [-0.15, -0.1) is 12.4 Å². The number of halogens is 1. The molecule has 0 aliphatic heterocycles. The highest BCUT2D eigenvalue weighted by Gasteiger charge is 2.02. The molecule has 0 aromatic heterocycles. The number of benzene rings is 1. The van der Waals surface area contributed by atoms with Crippen molar-refractivity contribution < 1.29 is 9.90 Å². The zero-order valence-corrected chi connectivity index (χ0v) is 9.04. The monoisotopic (exact) mass is 215 g/mol. The fourth-order valence-electron chi connectivity index (χ4n) is 1.04. The van der Waals surface area contributed by atoms with Crippen LogP contribution in [0.2, 0.25) is 0 Å². The van der Waals surface area contributed by atoms with Crippen LogP contribution in [0.4, 0.5) is 5.69 Å². The summed E-state index contributed by atoms with van der Waals surface area (Å²) in [6, 6.07) is 6.85. The summed E-state index contributed by atoms with van der Waals surface area (Å²) in [4.78, 5) is 12.6. The summed E-state index contributed by atoms with van der Waals surface area (Å²) in [6.07, 6.45) is 0. The molecule has 0 heterocycles. The van der Waals surface area contributed by atoms with Crippen molar-refractivity contribution in [3.8, 4) is 0 Å². The van der Waals surface area contributed by atoms with Gasteiger partial charge in [0, 0.05) is 19.3 Å². The summed E-state index contributed by atoms with van der Waals surface area (Å²) in [5.74, 6) is -0.884. The quantitative estimate of drug-likeness (QED) is 0.841. The van der Waals surface area contributed by atoms with Crippen LogP contribution in [0, 0.1) is 0 Å². The molecule has 0 spiro atoms. The largest absolute Gasteiger partial charge is 0.478 e. The van der Waals surface area contributed by atoms with Crippen molar-refractivity contribution in [3.63, 3.8) is 0 Å². The number of hydrogen-bond donors (Lipinski definition) is 1. The molecule has 0 aliphatic rings. The third kappa shape index (κ3) is 2.92. The maximum absolute atomic E-state index is 10.5. The van der Waals surface area contributed by atoms with Gasteiger partial charge in [0.25, 0.3) is 0 Å². The van der Waals surface area contributed by atoms with E-state index in [9.17, 15) is 4.79 Å². The van der Waals surface area contributed by atoms with Gasteiger partial charge in [0.1, 0.15) is 0 Å². The molecule has 14 heavy (non-hydrogen) atoms. The van der Waals surface area contributed by atoms with Gasteiger partial charge >= 0.3 is 5.97 Å². The van der Waals surface area contributed by atoms with Crippen molar-refractivity contribution in [3.05, 3.63) is 29.8 Å². The van der Waals surface area contributed by atoms with Crippen LogP contribution in [0.5, 0.6) is 0 Å². The van der Waals surface area contributed by atoms with Gasteiger partial charge in [0.2, 0.25) is 0 Å². The summed E-state index contributed by atoms with van der Waals surface area (Å²) in [6.45, 7) is 2.96. The molecule has 0 bridgehead atoms. The van der Waals surface area contributed by atoms with Crippen molar-refractivity contribution in [2.75, 3.05) is 18.5 Å². The molecule has 3 nitrogen and oxygen atoms in total. The molecule has 0 unspecified atom stereocenters. The lowest BCUT2D eigenvalue weighted by Gasteiger charge is -2.16. The van der Waals surface area contributed by atoms with Crippen molar-refractivity contribution >= 4 is 24.1 Å². The van der Waals surface area contributed by atoms with Crippen LogP contribution in [0.1, 0.15) is 17.3 Å². The first-order valence-corrected chi connectivity index (χ1v) is 4.19. The standard InChI is InChI=1S/C10H13NO2.ClH/c1-3-11(2)9-6-4-8(5-7-9)10(12)13;/h4-7H,3H2,1-2H3,(H,12,13);1H. The third-order valence-corrected chi connectivity index (χ3v) is 2.03. The number of anilines is 1. The van der Waals surface area contributed by atoms with Gasteiger partial charge in [-0.05, 0) is 31.2 Å². The Bertz CT molecular complexity index is 297. The van der Waals surface area contributed by atoms with E-state index in [0.29, 0.717) is 5.56 Å². The van der Waals surface area contributed by atoms with Crippen LogP contribution in [0.15, 0.2) is 24.3 Å². The van der Waals surface area contributed by atoms with Gasteiger partial charge in [-0.1, -0.05) is 0 Å². The normalized spacial score (nSPS) is 9.00. The molecule has 1 aromatic carbocycles. The summed E-state index contributed by atoms with van der Waals surface area (Å²) < 4.78 is 0. The molecular formula is C10H14ClNO2. The highest BCUT2D eigenvalue weighted by atomic mass is 35.5. The van der Waals surface area contributed by atoms with Crippen molar-refractivity contribution in [1.29, 1.82) is 0 Å². The molecular weight excluding hydrogens is 202 g/mol. The smallest absolute Gasteiger partial charge is 0.335 e. The minimum Gasteiger partial charge on any atom is -0.478 e. The van der Waals surface area contributed by atoms with Gasteiger partial charge in [-0.3, -0.25) is 0 Å². The van der Waals surface area contributed by atoms with Crippen molar-refractivity contribution in [2.24, 2.45) is 0 Å². The minimum absolute atomic E-state index is 0. The van der Waals surface area contributed by atoms with E-state index in [1.54, 1.807) is 12.1 Å². The lowest BCUT2D eigenvalue weighted by Crippen LogP contribution is -2.15. The number of nitrogens with zero attached hydrogens (tertiary/aromatic N) is 1. The molecule has 0 amide bonds. The fourth-order valence-corrected chi connectivity index (χ4v) is 1.04. The fraction of sp³-hybridized carbons (Fsp3) is 0.300. The Morgan fingerprint density at radius 3 is 2.21 bits per heavy atom. The van der Waals surface area contributed by atoms with Crippen molar-refractivity contribution in [1.82, 2.24) is 0 Å². The van der Waals surface area contributed by atoms with E-state index >= 15 is 0 Å². The predicted octanol–water partition coefficient (Wildman–Crippen LogP) is 2.26. The van der Waals surface area contributed by atoms with E-state index in [-0.39, 0.29) is 12.4 Å². The Kier molecular flexibility index (Phi) is 5.02. The lowest BCUT2D eigenvalue weighted by atomic mass is 10.2. The Hall–Kier alpha value is -1.22. The van der Waals surface area contributed by atoms with Crippen LogP contribution in [0.3, 0.4) is 0 Å². The maximum atomic E-state index is 10.5. The van der Waals surface area contributed by atoms with Crippen LogP contribution >= 0.6 is 12.4 Å². The summed E-state index contributed by atoms with van der Waals surface area (Å²) in [5.41, 5.74) is 1.36. The molecule has 1 rings (SSSR count). The number of hydrogen-bond acceptors (Lipinski definition) is 2. The van der Waals surface area contributed by atoms with E-state index in [4.69, 9.17) is 5.11 Å². The predicted molar refractivity (Wildman–Crippen MR) is 59.6 cm³/mol. The number of carbonyl (C=O) groups is 1.